The minimum Gasteiger partial charge on any atom is -0.492 e. The molecule has 2 saturated carbocycles. The Hall–Kier alpha value is -2.08. The molecule has 128 valence electrons. The van der Waals surface area contributed by atoms with Gasteiger partial charge in [-0.05, 0) is 36.8 Å². The van der Waals surface area contributed by atoms with Crippen molar-refractivity contribution in [2.45, 2.75) is 37.8 Å². The molecule has 5 atom stereocenters. The highest BCUT2D eigenvalue weighted by molar-refractivity contribution is 6.02. The maximum Gasteiger partial charge on any atom is 0.254 e. The third-order valence-corrected chi connectivity index (χ3v) is 5.58. The lowest BCUT2D eigenvalue weighted by Crippen LogP contribution is -2.30. The average molecular weight is 330 g/mol. The van der Waals surface area contributed by atoms with E-state index in [9.17, 15) is 14.7 Å². The first-order valence-electron chi connectivity index (χ1n) is 8.51. The molecule has 1 unspecified atom stereocenters. The lowest BCUT2D eigenvalue weighted by molar-refractivity contribution is 0.0937. The zero-order chi connectivity index (χ0) is 17.0. The quantitative estimate of drug-likeness (QED) is 0.773. The van der Waals surface area contributed by atoms with Crippen molar-refractivity contribution in [2.24, 2.45) is 11.8 Å². The van der Waals surface area contributed by atoms with Crippen molar-refractivity contribution < 1.29 is 19.4 Å². The molecule has 6 heteroatoms. The summed E-state index contributed by atoms with van der Waals surface area (Å²) >= 11 is 0. The third kappa shape index (κ3) is 2.36. The summed E-state index contributed by atoms with van der Waals surface area (Å²) in [7, 11) is 1.57. The number of nitrogens with one attached hydrogen (secondary N) is 2. The number of ether oxygens (including phenoxy) is 1. The van der Waals surface area contributed by atoms with Gasteiger partial charge in [0.1, 0.15) is 5.75 Å². The van der Waals surface area contributed by atoms with Crippen LogP contribution >= 0.6 is 0 Å². The molecule has 0 aromatic heterocycles. The van der Waals surface area contributed by atoms with Crippen molar-refractivity contribution in [3.05, 3.63) is 28.8 Å². The number of rotatable bonds is 3. The van der Waals surface area contributed by atoms with Crippen LogP contribution in [0, 0.1) is 11.8 Å². The second-order valence-electron chi connectivity index (χ2n) is 7.19. The summed E-state index contributed by atoms with van der Waals surface area (Å²) in [6, 6.07) is 3.60. The van der Waals surface area contributed by atoms with Gasteiger partial charge in [0.05, 0.1) is 18.3 Å². The summed E-state index contributed by atoms with van der Waals surface area (Å²) in [5, 5.41) is 15.3. The second-order valence-corrected chi connectivity index (χ2v) is 7.19. The predicted octanol–water partition coefficient (Wildman–Crippen LogP) is 1.04. The van der Waals surface area contributed by atoms with Gasteiger partial charge in [0, 0.05) is 30.1 Å². The van der Waals surface area contributed by atoms with Crippen molar-refractivity contribution in [3.8, 4) is 5.75 Å². The number of amides is 2. The topological polar surface area (TPSA) is 87.7 Å². The van der Waals surface area contributed by atoms with Crippen LogP contribution in [0.2, 0.25) is 0 Å². The zero-order valence-corrected chi connectivity index (χ0v) is 13.8. The van der Waals surface area contributed by atoms with E-state index in [0.717, 1.165) is 18.4 Å². The molecule has 0 bridgehead atoms. The van der Waals surface area contributed by atoms with Crippen LogP contribution in [0.4, 0.5) is 0 Å². The van der Waals surface area contributed by atoms with Gasteiger partial charge in [-0.2, -0.15) is 0 Å². The van der Waals surface area contributed by atoms with E-state index in [4.69, 9.17) is 4.74 Å². The Morgan fingerprint density at radius 2 is 1.92 bits per heavy atom. The summed E-state index contributed by atoms with van der Waals surface area (Å²) < 4.78 is 5.65. The van der Waals surface area contributed by atoms with Crippen molar-refractivity contribution >= 4 is 11.8 Å². The molecule has 24 heavy (non-hydrogen) atoms. The fraction of sp³-hybridized carbons (Fsp3) is 0.556. The molecule has 2 aliphatic carbocycles. The molecule has 1 heterocycles. The molecule has 4 rings (SSSR count). The Morgan fingerprint density at radius 3 is 2.58 bits per heavy atom. The maximum atomic E-state index is 12.6. The lowest BCUT2D eigenvalue weighted by atomic mass is 9.96. The Balaban J connectivity index is 1.58. The lowest BCUT2D eigenvalue weighted by Gasteiger charge is -2.13. The van der Waals surface area contributed by atoms with Crippen LogP contribution in [0.15, 0.2) is 12.1 Å². The van der Waals surface area contributed by atoms with Crippen LogP contribution in [0.1, 0.15) is 52.0 Å². The van der Waals surface area contributed by atoms with Crippen molar-refractivity contribution in [1.82, 2.24) is 10.6 Å². The Morgan fingerprint density at radius 1 is 1.21 bits per heavy atom. The van der Waals surface area contributed by atoms with Gasteiger partial charge in [0.15, 0.2) is 0 Å². The number of benzene rings is 1. The fourth-order valence-electron chi connectivity index (χ4n) is 4.17. The Labute approximate surface area is 140 Å². The van der Waals surface area contributed by atoms with E-state index in [1.54, 1.807) is 13.1 Å². The van der Waals surface area contributed by atoms with Crippen LogP contribution in [0.25, 0.3) is 0 Å². The fourth-order valence-corrected chi connectivity index (χ4v) is 4.17. The smallest absolute Gasteiger partial charge is 0.254 e. The van der Waals surface area contributed by atoms with Gasteiger partial charge in [0.2, 0.25) is 0 Å². The minimum atomic E-state index is -0.249. The van der Waals surface area contributed by atoms with E-state index < -0.39 is 0 Å². The van der Waals surface area contributed by atoms with Crippen LogP contribution in [0.5, 0.6) is 5.75 Å². The number of aliphatic hydroxyl groups is 1. The first kappa shape index (κ1) is 15.4. The van der Waals surface area contributed by atoms with Gasteiger partial charge < -0.3 is 20.5 Å². The van der Waals surface area contributed by atoms with Gasteiger partial charge in [-0.15, -0.1) is 0 Å². The molecule has 2 amide bonds. The molecule has 0 saturated heterocycles. The molecule has 0 radical (unpaired) electrons. The first-order valence-corrected chi connectivity index (χ1v) is 8.51. The van der Waals surface area contributed by atoms with Crippen LogP contribution in [-0.4, -0.2) is 42.7 Å². The molecule has 6 nitrogen and oxygen atoms in total. The number of aliphatic hydroxyl groups excluding tert-OH is 1. The summed E-state index contributed by atoms with van der Waals surface area (Å²) in [5.41, 5.74) is 1.82. The number of carbonyl (C=O) groups excluding carboxylic acids is 2. The molecule has 3 aliphatic rings. The van der Waals surface area contributed by atoms with Gasteiger partial charge in [0.25, 0.3) is 11.8 Å². The van der Waals surface area contributed by atoms with Gasteiger partial charge in [-0.3, -0.25) is 9.59 Å². The van der Waals surface area contributed by atoms with E-state index in [2.05, 4.69) is 10.6 Å². The minimum absolute atomic E-state index is 0.157. The monoisotopic (exact) mass is 330 g/mol. The molecule has 1 aliphatic heterocycles. The molecule has 2 fully saturated rings. The number of hydrogen-bond donors (Lipinski definition) is 3. The van der Waals surface area contributed by atoms with Crippen molar-refractivity contribution in [2.75, 3.05) is 13.7 Å². The van der Waals surface area contributed by atoms with E-state index in [0.29, 0.717) is 35.3 Å². The highest BCUT2D eigenvalue weighted by atomic mass is 16.5. The zero-order valence-electron chi connectivity index (χ0n) is 13.8. The van der Waals surface area contributed by atoms with Gasteiger partial charge in [-0.25, -0.2) is 0 Å². The highest BCUT2D eigenvalue weighted by Crippen LogP contribution is 2.52. The second kappa shape index (κ2) is 5.48. The van der Waals surface area contributed by atoms with Crippen LogP contribution in [-0.2, 0) is 0 Å². The molecule has 3 N–H and O–H groups in total. The third-order valence-electron chi connectivity index (χ3n) is 5.58. The SMILES string of the molecule is CNC(=O)c1cc(C(=O)N[C@H]2[C@@H]3C[C@H](O)C[C@@H]32)cc2c1OCC2C. The van der Waals surface area contributed by atoms with E-state index in [1.807, 2.05) is 13.0 Å². The molecular formula is C18H22N2O4. The number of hydrogen-bond acceptors (Lipinski definition) is 4. The standard InChI is InChI=1S/C18H22N2O4/c1-8-7-24-16-11(8)3-9(4-14(16)18(23)19-2)17(22)20-15-12-5-10(21)6-13(12)15/h3-4,8,10,12-13,15,21H,5-7H2,1-2H3,(H,19,23)(H,20,22)/t8?,10-,12+,13-,15-. The predicted molar refractivity (Wildman–Crippen MR) is 87.2 cm³/mol. The van der Waals surface area contributed by atoms with Crippen molar-refractivity contribution in [1.29, 1.82) is 0 Å². The van der Waals surface area contributed by atoms with E-state index in [-0.39, 0.29) is 29.9 Å². The molecule has 0 spiro atoms. The number of fused-ring (bicyclic) bond motifs is 2. The average Bonchev–Trinajstić information content (AvgIpc) is 2.90. The molecule has 1 aromatic rings. The summed E-state index contributed by atoms with van der Waals surface area (Å²) in [5.74, 6) is 1.15. The maximum absolute atomic E-state index is 12.6. The largest absolute Gasteiger partial charge is 0.492 e. The van der Waals surface area contributed by atoms with Crippen LogP contribution in [0.3, 0.4) is 0 Å². The molecule has 1 aromatic carbocycles. The number of carbonyl (C=O) groups is 2. The summed E-state index contributed by atoms with van der Waals surface area (Å²) in [6.45, 7) is 2.54. The van der Waals surface area contributed by atoms with Crippen molar-refractivity contribution in [3.63, 3.8) is 0 Å². The Kier molecular flexibility index (Phi) is 3.53. The molecular weight excluding hydrogens is 308 g/mol. The van der Waals surface area contributed by atoms with Crippen LogP contribution < -0.4 is 15.4 Å². The highest BCUT2D eigenvalue weighted by Gasteiger charge is 2.56. The van der Waals surface area contributed by atoms with E-state index in [1.165, 1.54) is 0 Å². The van der Waals surface area contributed by atoms with Gasteiger partial charge in [-0.1, -0.05) is 6.92 Å². The normalized spacial score (nSPS) is 32.5. The first-order chi connectivity index (χ1) is 11.5. The summed E-state index contributed by atoms with van der Waals surface area (Å²) in [4.78, 5) is 24.8. The Bertz CT molecular complexity index is 705. The van der Waals surface area contributed by atoms with Gasteiger partial charge >= 0.3 is 0 Å². The summed E-state index contributed by atoms with van der Waals surface area (Å²) in [6.07, 6.45) is 1.33. The van der Waals surface area contributed by atoms with E-state index >= 15 is 0 Å².